The van der Waals surface area contributed by atoms with Gasteiger partial charge in [0.2, 0.25) is 0 Å². The predicted molar refractivity (Wildman–Crippen MR) is 64.9 cm³/mol. The summed E-state index contributed by atoms with van der Waals surface area (Å²) >= 11 is 0. The Balaban J connectivity index is 2.51. The van der Waals surface area contributed by atoms with Gasteiger partial charge < -0.3 is 10.5 Å². The Morgan fingerprint density at radius 3 is 2.71 bits per heavy atom. The number of nitrogens with zero attached hydrogens (tertiary/aromatic N) is 2. The largest absolute Gasteiger partial charge is 0.496 e. The van der Waals surface area contributed by atoms with Crippen LogP contribution in [0.3, 0.4) is 0 Å². The van der Waals surface area contributed by atoms with Crippen molar-refractivity contribution in [1.29, 1.82) is 0 Å². The van der Waals surface area contributed by atoms with Crippen LogP contribution in [0.2, 0.25) is 0 Å². The number of hydrogen-bond donors (Lipinski definition) is 2. The topological polar surface area (TPSA) is 76.8 Å². The zero-order chi connectivity index (χ0) is 12.4. The van der Waals surface area contributed by atoms with Gasteiger partial charge in [-0.15, -0.1) is 0 Å². The molecule has 1 unspecified atom stereocenters. The van der Waals surface area contributed by atoms with Gasteiger partial charge >= 0.3 is 0 Å². The van der Waals surface area contributed by atoms with Crippen molar-refractivity contribution >= 4 is 0 Å². The van der Waals surface area contributed by atoms with Gasteiger partial charge in [0.1, 0.15) is 11.4 Å². The number of hydrogen-bond acceptors (Lipinski definition) is 4. The Morgan fingerprint density at radius 2 is 2.12 bits per heavy atom. The molecule has 0 spiro atoms. The molecule has 5 nitrogen and oxygen atoms in total. The maximum atomic E-state index is 6.19. The third kappa shape index (κ3) is 2.14. The molecule has 90 valence electrons. The van der Waals surface area contributed by atoms with Gasteiger partial charge in [0.25, 0.3) is 0 Å². The monoisotopic (exact) mass is 232 g/mol. The molecule has 0 fully saturated rings. The predicted octanol–water partition coefficient (Wildman–Crippen LogP) is 1.48. The van der Waals surface area contributed by atoms with Crippen molar-refractivity contribution < 1.29 is 4.74 Å². The summed E-state index contributed by atoms with van der Waals surface area (Å²) in [4.78, 5) is 0. The molecule has 1 atom stereocenters. The highest BCUT2D eigenvalue weighted by Crippen LogP contribution is 2.31. The second-order valence-electron chi connectivity index (χ2n) is 4.07. The minimum Gasteiger partial charge on any atom is -0.496 e. The first kappa shape index (κ1) is 11.6. The Kier molecular flexibility index (Phi) is 3.10. The lowest BCUT2D eigenvalue weighted by Crippen LogP contribution is -2.15. The molecule has 2 rings (SSSR count). The summed E-state index contributed by atoms with van der Waals surface area (Å²) in [5.74, 6) is 0.790. The normalized spacial score (nSPS) is 12.5. The minimum absolute atomic E-state index is 0.329. The van der Waals surface area contributed by atoms with Crippen molar-refractivity contribution in [3.8, 4) is 5.75 Å². The van der Waals surface area contributed by atoms with Crippen LogP contribution in [0.25, 0.3) is 0 Å². The first-order valence-electron chi connectivity index (χ1n) is 5.40. The number of benzene rings is 1. The van der Waals surface area contributed by atoms with Crippen LogP contribution >= 0.6 is 0 Å². The molecule has 0 aliphatic rings. The highest BCUT2D eigenvalue weighted by Gasteiger charge is 2.19. The van der Waals surface area contributed by atoms with Crippen LogP contribution in [-0.2, 0) is 0 Å². The molecule has 1 aromatic carbocycles. The molecule has 0 aliphatic carbocycles. The van der Waals surface area contributed by atoms with Crippen LogP contribution in [0.4, 0.5) is 0 Å². The van der Waals surface area contributed by atoms with Gasteiger partial charge in [-0.05, 0) is 31.0 Å². The molecule has 1 aromatic heterocycles. The SMILES string of the molecule is COc1cc(C)cc(C)c1C(N)c1cn[nH]n1. The standard InChI is InChI=1S/C12H16N4O/c1-7-4-8(2)11(10(5-7)17-3)12(13)9-6-14-16-15-9/h4-6,12H,13H2,1-3H3,(H,14,15,16). The fraction of sp³-hybridized carbons (Fsp3) is 0.333. The molecular weight excluding hydrogens is 216 g/mol. The number of nitrogens with one attached hydrogen (secondary N) is 1. The maximum Gasteiger partial charge on any atom is 0.124 e. The Labute approximate surface area is 100.0 Å². The molecule has 0 saturated heterocycles. The average molecular weight is 232 g/mol. The van der Waals surface area contributed by atoms with Crippen molar-refractivity contribution in [2.24, 2.45) is 5.73 Å². The fourth-order valence-electron chi connectivity index (χ4n) is 2.02. The minimum atomic E-state index is -0.329. The van der Waals surface area contributed by atoms with Crippen LogP contribution in [0.1, 0.15) is 28.4 Å². The molecule has 0 amide bonds. The van der Waals surface area contributed by atoms with E-state index in [4.69, 9.17) is 10.5 Å². The number of aromatic nitrogens is 3. The van der Waals surface area contributed by atoms with E-state index in [1.807, 2.05) is 19.9 Å². The van der Waals surface area contributed by atoms with Gasteiger partial charge in [-0.3, -0.25) is 0 Å². The fourth-order valence-corrected chi connectivity index (χ4v) is 2.02. The molecule has 5 heteroatoms. The summed E-state index contributed by atoms with van der Waals surface area (Å²) in [6.07, 6.45) is 1.63. The number of aryl methyl sites for hydroxylation is 2. The van der Waals surface area contributed by atoms with E-state index in [0.29, 0.717) is 5.69 Å². The molecule has 1 heterocycles. The van der Waals surface area contributed by atoms with Crippen molar-refractivity contribution in [2.75, 3.05) is 7.11 Å². The van der Waals surface area contributed by atoms with Crippen LogP contribution in [0.5, 0.6) is 5.75 Å². The number of methoxy groups -OCH3 is 1. The van der Waals surface area contributed by atoms with Crippen molar-refractivity contribution in [3.05, 3.63) is 40.7 Å². The van der Waals surface area contributed by atoms with E-state index in [-0.39, 0.29) is 6.04 Å². The van der Waals surface area contributed by atoms with Crippen molar-refractivity contribution in [2.45, 2.75) is 19.9 Å². The zero-order valence-corrected chi connectivity index (χ0v) is 10.2. The molecule has 0 aliphatic heterocycles. The first-order valence-corrected chi connectivity index (χ1v) is 5.40. The van der Waals surface area contributed by atoms with Gasteiger partial charge in [-0.25, -0.2) is 0 Å². The lowest BCUT2D eigenvalue weighted by Gasteiger charge is -2.17. The number of H-pyrrole nitrogens is 1. The summed E-state index contributed by atoms with van der Waals surface area (Å²) in [6, 6.07) is 3.73. The van der Waals surface area contributed by atoms with Crippen molar-refractivity contribution in [3.63, 3.8) is 0 Å². The van der Waals surface area contributed by atoms with E-state index in [2.05, 4.69) is 21.5 Å². The highest BCUT2D eigenvalue weighted by molar-refractivity contribution is 5.47. The molecule has 0 bridgehead atoms. The average Bonchev–Trinajstić information content (AvgIpc) is 2.80. The molecule has 0 radical (unpaired) electrons. The van der Waals surface area contributed by atoms with Crippen LogP contribution in [0, 0.1) is 13.8 Å². The van der Waals surface area contributed by atoms with Crippen LogP contribution in [0.15, 0.2) is 18.3 Å². The summed E-state index contributed by atoms with van der Waals surface area (Å²) < 4.78 is 5.39. The number of rotatable bonds is 3. The third-order valence-electron chi connectivity index (χ3n) is 2.78. The Hall–Kier alpha value is -1.88. The molecular formula is C12H16N4O. The maximum absolute atomic E-state index is 6.19. The van der Waals surface area contributed by atoms with E-state index < -0.39 is 0 Å². The van der Waals surface area contributed by atoms with Gasteiger partial charge in [-0.1, -0.05) is 6.07 Å². The number of aromatic amines is 1. The van der Waals surface area contributed by atoms with E-state index in [9.17, 15) is 0 Å². The van der Waals surface area contributed by atoms with Crippen LogP contribution < -0.4 is 10.5 Å². The quantitative estimate of drug-likeness (QED) is 0.840. The molecule has 0 saturated carbocycles. The Bertz CT molecular complexity index is 507. The van der Waals surface area contributed by atoms with Gasteiger partial charge in [0.15, 0.2) is 0 Å². The van der Waals surface area contributed by atoms with Gasteiger partial charge in [0, 0.05) is 5.56 Å². The molecule has 17 heavy (non-hydrogen) atoms. The number of ether oxygens (including phenoxy) is 1. The summed E-state index contributed by atoms with van der Waals surface area (Å²) in [7, 11) is 1.65. The van der Waals surface area contributed by atoms with Crippen molar-refractivity contribution in [1.82, 2.24) is 15.4 Å². The highest BCUT2D eigenvalue weighted by atomic mass is 16.5. The zero-order valence-electron chi connectivity index (χ0n) is 10.2. The summed E-state index contributed by atoms with van der Waals surface area (Å²) in [6.45, 7) is 4.05. The lowest BCUT2D eigenvalue weighted by atomic mass is 9.97. The lowest BCUT2D eigenvalue weighted by molar-refractivity contribution is 0.406. The summed E-state index contributed by atoms with van der Waals surface area (Å²) in [5, 5.41) is 10.4. The van der Waals surface area contributed by atoms with E-state index in [1.54, 1.807) is 13.3 Å². The molecule has 2 aromatic rings. The summed E-state index contributed by atoms with van der Waals surface area (Å²) in [5.41, 5.74) is 10.1. The van der Waals surface area contributed by atoms with Gasteiger partial charge in [0.05, 0.1) is 19.3 Å². The third-order valence-corrected chi connectivity index (χ3v) is 2.78. The van der Waals surface area contributed by atoms with E-state index >= 15 is 0 Å². The Morgan fingerprint density at radius 1 is 1.35 bits per heavy atom. The van der Waals surface area contributed by atoms with E-state index in [0.717, 1.165) is 22.4 Å². The van der Waals surface area contributed by atoms with E-state index in [1.165, 1.54) is 0 Å². The molecule has 3 N–H and O–H groups in total. The second-order valence-corrected chi connectivity index (χ2v) is 4.07. The van der Waals surface area contributed by atoms with Gasteiger partial charge in [-0.2, -0.15) is 15.4 Å². The number of nitrogens with two attached hydrogens (primary N) is 1. The van der Waals surface area contributed by atoms with Crippen LogP contribution in [-0.4, -0.2) is 22.5 Å². The second kappa shape index (κ2) is 4.55. The smallest absolute Gasteiger partial charge is 0.124 e. The first-order chi connectivity index (χ1) is 8.13.